The highest BCUT2D eigenvalue weighted by Crippen LogP contribution is 2.27. The maximum absolute atomic E-state index is 13.0. The van der Waals surface area contributed by atoms with E-state index in [9.17, 15) is 17.6 Å². The molecule has 8 heteroatoms. The number of esters is 1. The number of rotatable bonds is 6. The Morgan fingerprint density at radius 3 is 2.40 bits per heavy atom. The summed E-state index contributed by atoms with van der Waals surface area (Å²) in [6, 6.07) is 9.78. The van der Waals surface area contributed by atoms with Crippen molar-refractivity contribution in [3.63, 3.8) is 0 Å². The molecular formula is C17H17BrFNO4S. The van der Waals surface area contributed by atoms with Gasteiger partial charge in [0.05, 0.1) is 17.1 Å². The molecule has 0 unspecified atom stereocenters. The smallest absolute Gasteiger partial charge is 0.338 e. The van der Waals surface area contributed by atoms with E-state index in [1.54, 1.807) is 6.92 Å². The lowest BCUT2D eigenvalue weighted by Crippen LogP contribution is -2.27. The topological polar surface area (TPSA) is 63.7 Å². The summed E-state index contributed by atoms with van der Waals surface area (Å²) in [4.78, 5) is 11.8. The molecular weight excluding hydrogens is 413 g/mol. The van der Waals surface area contributed by atoms with E-state index in [0.717, 1.165) is 4.31 Å². The Labute approximate surface area is 154 Å². The fraction of sp³-hybridized carbons (Fsp3) is 0.235. The van der Waals surface area contributed by atoms with Gasteiger partial charge in [0.2, 0.25) is 10.0 Å². The van der Waals surface area contributed by atoms with E-state index < -0.39 is 16.0 Å². The average Bonchev–Trinajstić information content (AvgIpc) is 2.56. The van der Waals surface area contributed by atoms with Gasteiger partial charge in [-0.1, -0.05) is 12.1 Å². The van der Waals surface area contributed by atoms with Crippen molar-refractivity contribution < 1.29 is 22.3 Å². The zero-order chi connectivity index (χ0) is 18.6. The summed E-state index contributed by atoms with van der Waals surface area (Å²) in [5, 5.41) is 0. The van der Waals surface area contributed by atoms with E-state index in [2.05, 4.69) is 15.9 Å². The molecule has 0 bridgehead atoms. The minimum Gasteiger partial charge on any atom is -0.462 e. The van der Waals surface area contributed by atoms with E-state index in [0.29, 0.717) is 5.56 Å². The molecule has 0 N–H and O–H groups in total. The predicted octanol–water partition coefficient (Wildman–Crippen LogP) is 3.59. The van der Waals surface area contributed by atoms with Crippen molar-refractivity contribution in [1.29, 1.82) is 0 Å². The van der Waals surface area contributed by atoms with Crippen LogP contribution in [0.15, 0.2) is 51.8 Å². The zero-order valence-electron chi connectivity index (χ0n) is 13.7. The van der Waals surface area contributed by atoms with Gasteiger partial charge in [-0.05, 0) is 58.7 Å². The Morgan fingerprint density at radius 2 is 1.84 bits per heavy atom. The number of hydrogen-bond donors (Lipinski definition) is 0. The molecule has 2 aromatic carbocycles. The SMILES string of the molecule is CCOC(=O)c1ccc(S(=O)(=O)N(C)Cc2ccc(F)cc2)c(Br)c1. The lowest BCUT2D eigenvalue weighted by molar-refractivity contribution is 0.0526. The standard InChI is InChI=1S/C17H17BrFNO4S/c1-3-24-17(21)13-6-9-16(15(18)10-13)25(22,23)20(2)11-12-4-7-14(19)8-5-12/h4-10H,3,11H2,1-2H3. The van der Waals surface area contributed by atoms with Crippen LogP contribution in [0.3, 0.4) is 0 Å². The number of nitrogens with zero attached hydrogens (tertiary/aromatic N) is 1. The summed E-state index contributed by atoms with van der Waals surface area (Å²) in [5.74, 6) is -0.904. The molecule has 134 valence electrons. The Bertz CT molecular complexity index is 869. The van der Waals surface area contributed by atoms with Gasteiger partial charge in [-0.25, -0.2) is 17.6 Å². The molecule has 0 saturated carbocycles. The Kier molecular flexibility index (Phi) is 6.31. The van der Waals surface area contributed by atoms with Crippen LogP contribution in [0, 0.1) is 5.82 Å². The number of sulfonamides is 1. The summed E-state index contributed by atoms with van der Waals surface area (Å²) in [6.07, 6.45) is 0. The first-order valence-electron chi connectivity index (χ1n) is 7.43. The van der Waals surface area contributed by atoms with Crippen LogP contribution >= 0.6 is 15.9 Å². The molecule has 0 aliphatic heterocycles. The fourth-order valence-electron chi connectivity index (χ4n) is 2.15. The summed E-state index contributed by atoms with van der Waals surface area (Å²) in [6.45, 7) is 2.02. The van der Waals surface area contributed by atoms with E-state index in [1.807, 2.05) is 0 Å². The molecule has 0 aromatic heterocycles. The van der Waals surface area contributed by atoms with Gasteiger partial charge in [0, 0.05) is 18.1 Å². The number of hydrogen-bond acceptors (Lipinski definition) is 4. The monoisotopic (exact) mass is 429 g/mol. The van der Waals surface area contributed by atoms with Crippen LogP contribution in [0.1, 0.15) is 22.8 Å². The summed E-state index contributed by atoms with van der Waals surface area (Å²) in [7, 11) is -2.36. The van der Waals surface area contributed by atoms with Gasteiger partial charge in [-0.15, -0.1) is 0 Å². The molecule has 0 spiro atoms. The third-order valence-electron chi connectivity index (χ3n) is 3.45. The molecule has 0 saturated heterocycles. The molecule has 5 nitrogen and oxygen atoms in total. The molecule has 0 amide bonds. The highest BCUT2D eigenvalue weighted by Gasteiger charge is 2.24. The van der Waals surface area contributed by atoms with Crippen molar-refractivity contribution in [3.05, 3.63) is 63.9 Å². The van der Waals surface area contributed by atoms with Crippen LogP contribution in [-0.2, 0) is 21.3 Å². The number of halogens is 2. The second kappa shape index (κ2) is 8.07. The minimum absolute atomic E-state index is 0.0326. The van der Waals surface area contributed by atoms with Gasteiger partial charge in [-0.2, -0.15) is 4.31 Å². The first-order valence-corrected chi connectivity index (χ1v) is 9.66. The quantitative estimate of drug-likeness (QED) is 0.658. The van der Waals surface area contributed by atoms with E-state index in [1.165, 1.54) is 49.5 Å². The molecule has 0 heterocycles. The first-order chi connectivity index (χ1) is 11.8. The van der Waals surface area contributed by atoms with Crippen molar-refractivity contribution >= 4 is 31.9 Å². The highest BCUT2D eigenvalue weighted by atomic mass is 79.9. The third-order valence-corrected chi connectivity index (χ3v) is 6.23. The fourth-order valence-corrected chi connectivity index (χ4v) is 4.34. The van der Waals surface area contributed by atoms with Gasteiger partial charge in [-0.3, -0.25) is 0 Å². The number of carbonyl (C=O) groups excluding carboxylic acids is 1. The Balaban J connectivity index is 2.26. The molecule has 0 fully saturated rings. The second-order valence-corrected chi connectivity index (χ2v) is 8.12. The average molecular weight is 430 g/mol. The van der Waals surface area contributed by atoms with Gasteiger partial charge in [0.25, 0.3) is 0 Å². The third kappa shape index (κ3) is 4.65. The van der Waals surface area contributed by atoms with Gasteiger partial charge < -0.3 is 4.74 Å². The normalized spacial score (nSPS) is 11.6. The minimum atomic E-state index is -3.79. The summed E-state index contributed by atoms with van der Waals surface area (Å²) in [5.41, 5.74) is 0.917. The lowest BCUT2D eigenvalue weighted by Gasteiger charge is -2.18. The second-order valence-electron chi connectivity index (χ2n) is 5.25. The van der Waals surface area contributed by atoms with Crippen LogP contribution in [-0.4, -0.2) is 32.3 Å². The van der Waals surface area contributed by atoms with Crippen LogP contribution in [0.25, 0.3) is 0 Å². The van der Waals surface area contributed by atoms with E-state index >= 15 is 0 Å². The number of ether oxygens (including phenoxy) is 1. The Morgan fingerprint density at radius 1 is 1.20 bits per heavy atom. The van der Waals surface area contributed by atoms with Crippen molar-refractivity contribution in [2.45, 2.75) is 18.4 Å². The van der Waals surface area contributed by atoms with Gasteiger partial charge >= 0.3 is 5.97 Å². The molecule has 2 aromatic rings. The molecule has 0 aliphatic carbocycles. The van der Waals surface area contributed by atoms with E-state index in [-0.39, 0.29) is 33.9 Å². The molecule has 0 aliphatic rings. The summed E-state index contributed by atoms with van der Waals surface area (Å²) >= 11 is 3.20. The maximum atomic E-state index is 13.0. The van der Waals surface area contributed by atoms with Crippen molar-refractivity contribution in [2.24, 2.45) is 0 Å². The zero-order valence-corrected chi connectivity index (χ0v) is 16.1. The summed E-state index contributed by atoms with van der Waals surface area (Å²) < 4.78 is 44.8. The van der Waals surface area contributed by atoms with Crippen molar-refractivity contribution in [3.8, 4) is 0 Å². The van der Waals surface area contributed by atoms with Crippen LogP contribution in [0.4, 0.5) is 4.39 Å². The van der Waals surface area contributed by atoms with Crippen molar-refractivity contribution in [2.75, 3.05) is 13.7 Å². The predicted molar refractivity (Wildman–Crippen MR) is 95.2 cm³/mol. The highest BCUT2D eigenvalue weighted by molar-refractivity contribution is 9.10. The number of benzene rings is 2. The first kappa shape index (κ1) is 19.6. The largest absolute Gasteiger partial charge is 0.462 e. The molecule has 0 atom stereocenters. The molecule has 25 heavy (non-hydrogen) atoms. The lowest BCUT2D eigenvalue weighted by atomic mass is 10.2. The van der Waals surface area contributed by atoms with E-state index in [4.69, 9.17) is 4.74 Å². The van der Waals surface area contributed by atoms with Crippen LogP contribution in [0.2, 0.25) is 0 Å². The maximum Gasteiger partial charge on any atom is 0.338 e. The van der Waals surface area contributed by atoms with Crippen LogP contribution in [0.5, 0.6) is 0 Å². The van der Waals surface area contributed by atoms with Gasteiger partial charge in [0.15, 0.2) is 0 Å². The molecule has 0 radical (unpaired) electrons. The van der Waals surface area contributed by atoms with Crippen LogP contribution < -0.4 is 0 Å². The van der Waals surface area contributed by atoms with Gasteiger partial charge in [0.1, 0.15) is 5.82 Å². The Hall–Kier alpha value is -1.77. The molecule has 2 rings (SSSR count). The number of carbonyl (C=O) groups is 1. The van der Waals surface area contributed by atoms with Crippen molar-refractivity contribution in [1.82, 2.24) is 4.31 Å².